The van der Waals surface area contributed by atoms with Gasteiger partial charge in [-0.05, 0) is 50.2 Å². The summed E-state index contributed by atoms with van der Waals surface area (Å²) in [6.45, 7) is 5.30. The fraction of sp³-hybridized carbons (Fsp3) is 0.632. The number of hydrogen-bond donors (Lipinski definition) is 2. The van der Waals surface area contributed by atoms with Crippen molar-refractivity contribution in [3.63, 3.8) is 0 Å². The second kappa shape index (κ2) is 9.35. The largest absolute Gasteiger partial charge is 0.487 e. The van der Waals surface area contributed by atoms with Gasteiger partial charge in [0.15, 0.2) is 5.96 Å². The van der Waals surface area contributed by atoms with Gasteiger partial charge in [-0.3, -0.25) is 4.99 Å². The summed E-state index contributed by atoms with van der Waals surface area (Å²) < 4.78 is 6.12. The number of fused-ring (bicyclic) bond motifs is 1. The van der Waals surface area contributed by atoms with Gasteiger partial charge >= 0.3 is 0 Å². The zero-order chi connectivity index (χ0) is 17.0. The van der Waals surface area contributed by atoms with Gasteiger partial charge in [-0.2, -0.15) is 11.8 Å². The molecule has 2 aliphatic heterocycles. The first kappa shape index (κ1) is 20.7. The molecule has 1 unspecified atom stereocenters. The van der Waals surface area contributed by atoms with E-state index in [2.05, 4.69) is 59.4 Å². The molecule has 140 valence electrons. The van der Waals surface area contributed by atoms with Crippen LogP contribution in [-0.2, 0) is 0 Å². The van der Waals surface area contributed by atoms with Crippen LogP contribution in [0.15, 0.2) is 29.3 Å². The molecule has 3 rings (SSSR count). The van der Waals surface area contributed by atoms with Gasteiger partial charge in [-0.25, -0.2) is 0 Å². The number of halogens is 1. The Morgan fingerprint density at radius 3 is 2.72 bits per heavy atom. The molecular weight excluding hydrogens is 445 g/mol. The second-order valence-corrected chi connectivity index (χ2v) is 8.53. The quantitative estimate of drug-likeness (QED) is 0.391. The molecule has 25 heavy (non-hydrogen) atoms. The Balaban J connectivity index is 0.00000225. The number of nitrogens with zero attached hydrogens (tertiary/aromatic N) is 1. The average molecular weight is 475 g/mol. The van der Waals surface area contributed by atoms with Crippen molar-refractivity contribution < 1.29 is 4.74 Å². The topological polar surface area (TPSA) is 45.7 Å². The Morgan fingerprint density at radius 1 is 1.28 bits per heavy atom. The Hall–Kier alpha value is -0.630. The molecule has 2 aliphatic rings. The SMILES string of the molecule is CN=C(NCC1CCSCC1)NC1CC(C)(C)Oc2ccccc21.I. The van der Waals surface area contributed by atoms with Crippen molar-refractivity contribution in [1.29, 1.82) is 0 Å². The molecule has 0 amide bonds. The van der Waals surface area contributed by atoms with Crippen LogP contribution in [-0.4, -0.2) is 36.7 Å². The second-order valence-electron chi connectivity index (χ2n) is 7.31. The molecule has 2 N–H and O–H groups in total. The van der Waals surface area contributed by atoms with Crippen molar-refractivity contribution >= 4 is 41.7 Å². The summed E-state index contributed by atoms with van der Waals surface area (Å²) in [6, 6.07) is 8.53. The van der Waals surface area contributed by atoms with E-state index in [1.54, 1.807) is 0 Å². The maximum Gasteiger partial charge on any atom is 0.191 e. The summed E-state index contributed by atoms with van der Waals surface area (Å²) in [7, 11) is 1.85. The molecule has 2 heterocycles. The van der Waals surface area contributed by atoms with Gasteiger partial charge < -0.3 is 15.4 Å². The third kappa shape index (κ3) is 5.67. The van der Waals surface area contributed by atoms with Crippen molar-refractivity contribution in [3.05, 3.63) is 29.8 Å². The van der Waals surface area contributed by atoms with Crippen LogP contribution in [0.1, 0.15) is 44.7 Å². The third-order valence-electron chi connectivity index (χ3n) is 4.81. The molecule has 0 spiro atoms. The molecule has 1 atom stereocenters. The molecule has 1 saturated heterocycles. The van der Waals surface area contributed by atoms with Crippen LogP contribution in [0.3, 0.4) is 0 Å². The van der Waals surface area contributed by atoms with Crippen molar-refractivity contribution in [2.45, 2.75) is 44.8 Å². The highest BCUT2D eigenvalue weighted by Gasteiger charge is 2.34. The van der Waals surface area contributed by atoms with Gasteiger partial charge in [-0.1, -0.05) is 18.2 Å². The Bertz CT molecular complexity index is 588. The van der Waals surface area contributed by atoms with E-state index < -0.39 is 0 Å². The molecular formula is C19H30IN3OS. The van der Waals surface area contributed by atoms with Crippen molar-refractivity contribution in [2.75, 3.05) is 25.1 Å². The zero-order valence-electron chi connectivity index (χ0n) is 15.4. The van der Waals surface area contributed by atoms with Gasteiger partial charge in [-0.15, -0.1) is 24.0 Å². The van der Waals surface area contributed by atoms with Crippen LogP contribution in [0.2, 0.25) is 0 Å². The first-order chi connectivity index (χ1) is 11.6. The smallest absolute Gasteiger partial charge is 0.191 e. The molecule has 0 aromatic heterocycles. The summed E-state index contributed by atoms with van der Waals surface area (Å²) in [5.41, 5.74) is 1.04. The van der Waals surface area contributed by atoms with Crippen LogP contribution in [0.5, 0.6) is 5.75 Å². The number of ether oxygens (including phenoxy) is 1. The minimum Gasteiger partial charge on any atom is -0.487 e. The first-order valence-electron chi connectivity index (χ1n) is 8.90. The van der Waals surface area contributed by atoms with Gasteiger partial charge in [0.05, 0.1) is 6.04 Å². The molecule has 1 aromatic carbocycles. The Labute approximate surface area is 173 Å². The summed E-state index contributed by atoms with van der Waals surface area (Å²) in [6.07, 6.45) is 3.54. The molecule has 4 nitrogen and oxygen atoms in total. The van der Waals surface area contributed by atoms with E-state index in [1.165, 1.54) is 29.9 Å². The van der Waals surface area contributed by atoms with E-state index in [9.17, 15) is 0 Å². The van der Waals surface area contributed by atoms with Crippen molar-refractivity contribution in [3.8, 4) is 5.75 Å². The number of para-hydroxylation sites is 1. The summed E-state index contributed by atoms with van der Waals surface area (Å²) >= 11 is 2.07. The van der Waals surface area contributed by atoms with E-state index in [0.29, 0.717) is 0 Å². The molecule has 1 aromatic rings. The lowest BCUT2D eigenvalue weighted by Crippen LogP contribution is -2.46. The third-order valence-corrected chi connectivity index (χ3v) is 5.86. The van der Waals surface area contributed by atoms with E-state index >= 15 is 0 Å². The van der Waals surface area contributed by atoms with Crippen LogP contribution < -0.4 is 15.4 Å². The van der Waals surface area contributed by atoms with Gasteiger partial charge in [0.25, 0.3) is 0 Å². The fourth-order valence-electron chi connectivity index (χ4n) is 3.48. The fourth-order valence-corrected chi connectivity index (χ4v) is 4.69. The predicted octanol–water partition coefficient (Wildman–Crippen LogP) is 4.22. The van der Waals surface area contributed by atoms with E-state index in [1.807, 2.05) is 13.1 Å². The minimum absolute atomic E-state index is 0. The van der Waals surface area contributed by atoms with Crippen LogP contribution in [0.25, 0.3) is 0 Å². The molecule has 0 aliphatic carbocycles. The lowest BCUT2D eigenvalue weighted by molar-refractivity contribution is 0.0694. The summed E-state index contributed by atoms with van der Waals surface area (Å²) in [5.74, 6) is 5.22. The molecule has 0 radical (unpaired) electrons. The van der Waals surface area contributed by atoms with Crippen molar-refractivity contribution in [1.82, 2.24) is 10.6 Å². The van der Waals surface area contributed by atoms with Gasteiger partial charge in [0.2, 0.25) is 0 Å². The summed E-state index contributed by atoms with van der Waals surface area (Å²) in [4.78, 5) is 4.44. The van der Waals surface area contributed by atoms with Crippen molar-refractivity contribution in [2.24, 2.45) is 10.9 Å². The van der Waals surface area contributed by atoms with Crippen LogP contribution in [0.4, 0.5) is 0 Å². The molecule has 0 saturated carbocycles. The number of nitrogens with one attached hydrogen (secondary N) is 2. The predicted molar refractivity (Wildman–Crippen MR) is 118 cm³/mol. The van der Waals surface area contributed by atoms with E-state index in [-0.39, 0.29) is 35.6 Å². The number of thioether (sulfide) groups is 1. The minimum atomic E-state index is -0.175. The number of benzene rings is 1. The zero-order valence-corrected chi connectivity index (χ0v) is 18.5. The maximum absolute atomic E-state index is 6.12. The standard InChI is InChI=1S/C19H29N3OS.HI/c1-19(2)12-16(15-6-4-5-7-17(15)23-19)22-18(20-3)21-13-14-8-10-24-11-9-14;/h4-7,14,16H,8-13H2,1-3H3,(H2,20,21,22);1H. The number of rotatable bonds is 3. The molecule has 6 heteroatoms. The monoisotopic (exact) mass is 475 g/mol. The Morgan fingerprint density at radius 2 is 2.00 bits per heavy atom. The molecule has 1 fully saturated rings. The van der Waals surface area contributed by atoms with Crippen LogP contribution in [0, 0.1) is 5.92 Å². The number of aliphatic imine (C=N–C) groups is 1. The lowest BCUT2D eigenvalue weighted by atomic mass is 9.90. The van der Waals surface area contributed by atoms with Gasteiger partial charge in [0, 0.05) is 25.6 Å². The average Bonchev–Trinajstić information content (AvgIpc) is 2.58. The lowest BCUT2D eigenvalue weighted by Gasteiger charge is -2.38. The van der Waals surface area contributed by atoms with Crippen LogP contribution >= 0.6 is 35.7 Å². The number of hydrogen-bond acceptors (Lipinski definition) is 3. The Kier molecular flexibility index (Phi) is 7.73. The maximum atomic E-state index is 6.12. The summed E-state index contributed by atoms with van der Waals surface area (Å²) in [5, 5.41) is 7.14. The highest BCUT2D eigenvalue weighted by atomic mass is 127. The van der Waals surface area contributed by atoms with E-state index in [0.717, 1.165) is 30.6 Å². The normalized spacial score (nSPS) is 23.0. The van der Waals surface area contributed by atoms with Gasteiger partial charge in [0.1, 0.15) is 11.4 Å². The highest BCUT2D eigenvalue weighted by molar-refractivity contribution is 14.0. The number of guanidine groups is 1. The van der Waals surface area contributed by atoms with E-state index in [4.69, 9.17) is 4.74 Å². The first-order valence-corrected chi connectivity index (χ1v) is 10.1. The molecule has 0 bridgehead atoms. The highest BCUT2D eigenvalue weighted by Crippen LogP contribution is 2.39.